The molecule has 2 rings (SSSR count). The highest BCUT2D eigenvalue weighted by atomic mass is 32.2. The number of amides is 1. The molecular formula is C11H11NO2S. The van der Waals surface area contributed by atoms with Gasteiger partial charge in [0.15, 0.2) is 0 Å². The minimum absolute atomic E-state index is 0.486. The van der Waals surface area contributed by atoms with Crippen LogP contribution in [0.25, 0.3) is 0 Å². The van der Waals surface area contributed by atoms with Gasteiger partial charge in [-0.1, -0.05) is 24.3 Å². The van der Waals surface area contributed by atoms with Crippen molar-refractivity contribution in [2.75, 3.05) is 0 Å². The molecule has 0 unspecified atom stereocenters. The van der Waals surface area contributed by atoms with Crippen LogP contribution >= 0.6 is 10.9 Å². The van der Waals surface area contributed by atoms with E-state index >= 15 is 0 Å². The van der Waals surface area contributed by atoms with Crippen LogP contribution in [0.15, 0.2) is 52.1 Å². The molecule has 1 aromatic carbocycles. The fraction of sp³-hybridized carbons (Fsp3) is 0. The van der Waals surface area contributed by atoms with Gasteiger partial charge in [-0.2, -0.15) is 10.9 Å². The average Bonchev–Trinajstić information content (AvgIpc) is 2.70. The molecule has 0 spiro atoms. The molecule has 0 bridgehead atoms. The second-order valence-corrected chi connectivity index (χ2v) is 4.87. The number of hydrogen-bond donors (Lipinski definition) is 2. The van der Waals surface area contributed by atoms with Gasteiger partial charge in [0.2, 0.25) is 0 Å². The quantitative estimate of drug-likeness (QED) is 0.754. The summed E-state index contributed by atoms with van der Waals surface area (Å²) in [4.78, 5) is 11.7. The molecule has 0 fully saturated rings. The smallest absolute Gasteiger partial charge is 0.409 e. The molecule has 0 radical (unpaired) electrons. The predicted molar refractivity (Wildman–Crippen MR) is 62.2 cm³/mol. The van der Waals surface area contributed by atoms with Crippen molar-refractivity contribution in [3.05, 3.63) is 47.2 Å². The molecule has 15 heavy (non-hydrogen) atoms. The summed E-state index contributed by atoms with van der Waals surface area (Å²) in [5.74, 6) is 0.548. The number of para-hydroxylation sites is 1. The molecule has 1 heterocycles. The summed E-state index contributed by atoms with van der Waals surface area (Å²) in [5.41, 5.74) is 5.00. The molecule has 1 aliphatic rings. The van der Waals surface area contributed by atoms with Crippen molar-refractivity contribution >= 4 is 17.0 Å². The predicted octanol–water partition coefficient (Wildman–Crippen LogP) is 2.55. The summed E-state index contributed by atoms with van der Waals surface area (Å²) in [6.07, 6.45) is 3.21. The summed E-state index contributed by atoms with van der Waals surface area (Å²) in [5, 5.41) is 4.19. The fourth-order valence-corrected chi connectivity index (χ4v) is 2.98. The third kappa shape index (κ3) is 2.22. The van der Waals surface area contributed by atoms with Gasteiger partial charge >= 0.3 is 6.09 Å². The summed E-state index contributed by atoms with van der Waals surface area (Å²) in [6, 6.07) is 7.44. The summed E-state index contributed by atoms with van der Waals surface area (Å²) >= 11 is 0. The third-order valence-corrected chi connectivity index (χ3v) is 3.87. The number of carbonyl (C=O) groups is 1. The lowest BCUT2D eigenvalue weighted by atomic mass is 10.3. The van der Waals surface area contributed by atoms with Crippen molar-refractivity contribution in [2.45, 2.75) is 4.90 Å². The molecule has 0 aromatic heterocycles. The van der Waals surface area contributed by atoms with E-state index in [-0.39, 0.29) is 0 Å². The first-order valence-electron chi connectivity index (χ1n) is 4.47. The van der Waals surface area contributed by atoms with E-state index in [1.807, 2.05) is 30.4 Å². The monoisotopic (exact) mass is 221 g/mol. The molecule has 3 nitrogen and oxygen atoms in total. The number of carbonyl (C=O) groups excluding carboxylic acids is 1. The Kier molecular flexibility index (Phi) is 2.78. The average molecular weight is 221 g/mol. The Morgan fingerprint density at radius 2 is 1.87 bits per heavy atom. The van der Waals surface area contributed by atoms with Crippen LogP contribution in [0.1, 0.15) is 0 Å². The van der Waals surface area contributed by atoms with Crippen molar-refractivity contribution < 1.29 is 9.53 Å². The summed E-state index contributed by atoms with van der Waals surface area (Å²) in [6.45, 7) is 0. The Labute approximate surface area is 90.6 Å². The molecule has 0 atom stereocenters. The normalized spacial score (nSPS) is 15.6. The van der Waals surface area contributed by atoms with Crippen molar-refractivity contribution in [2.24, 2.45) is 5.73 Å². The first-order chi connectivity index (χ1) is 7.27. The zero-order valence-electron chi connectivity index (χ0n) is 7.96. The molecule has 0 aliphatic carbocycles. The number of nitrogens with two attached hydrogens (primary N) is 1. The molecule has 1 aliphatic heterocycles. The molecule has 0 saturated carbocycles. The first-order valence-corrected chi connectivity index (χ1v) is 5.95. The minimum Gasteiger partial charge on any atom is -0.409 e. The molecule has 4 heteroatoms. The van der Waals surface area contributed by atoms with E-state index < -0.39 is 17.0 Å². The molecule has 2 N–H and O–H groups in total. The van der Waals surface area contributed by atoms with Crippen molar-refractivity contribution in [1.29, 1.82) is 0 Å². The van der Waals surface area contributed by atoms with Gasteiger partial charge < -0.3 is 10.5 Å². The standard InChI is InChI=1S/C11H11NO2S/c12-11(13)14-9-5-1-2-6-10(9)15-7-3-4-8-15/h1-8,15H,(H2,12,13). The zero-order valence-corrected chi connectivity index (χ0v) is 8.85. The molecular weight excluding hydrogens is 210 g/mol. The SMILES string of the molecule is NC(=O)Oc1ccccc1[SH]1C=CC=C1. The van der Waals surface area contributed by atoms with Gasteiger partial charge in [-0.15, -0.1) is 0 Å². The van der Waals surface area contributed by atoms with Crippen molar-refractivity contribution in [3.63, 3.8) is 0 Å². The highest BCUT2D eigenvalue weighted by Crippen LogP contribution is 2.46. The first kappa shape index (κ1) is 9.86. The highest BCUT2D eigenvalue weighted by molar-refractivity contribution is 8.22. The number of thiol groups is 1. The zero-order chi connectivity index (χ0) is 10.7. The number of benzene rings is 1. The van der Waals surface area contributed by atoms with Gasteiger partial charge in [-0.3, -0.25) is 0 Å². The number of primary amides is 1. The summed E-state index contributed by atoms with van der Waals surface area (Å²) < 4.78 is 4.95. The maximum absolute atomic E-state index is 10.7. The highest BCUT2D eigenvalue weighted by Gasteiger charge is 2.10. The lowest BCUT2D eigenvalue weighted by Gasteiger charge is -2.14. The van der Waals surface area contributed by atoms with Crippen LogP contribution in [0.2, 0.25) is 0 Å². The second kappa shape index (κ2) is 4.23. The van der Waals surface area contributed by atoms with Gasteiger partial charge in [0.05, 0.1) is 0 Å². The Balaban J connectivity index is 2.33. The number of rotatable bonds is 2. The lowest BCUT2D eigenvalue weighted by Crippen LogP contribution is -2.16. The van der Waals surface area contributed by atoms with Crippen molar-refractivity contribution in [1.82, 2.24) is 0 Å². The van der Waals surface area contributed by atoms with E-state index in [1.165, 1.54) is 0 Å². The number of allylic oxidation sites excluding steroid dienone is 2. The Hall–Kier alpha value is -1.68. The van der Waals surface area contributed by atoms with Crippen LogP contribution in [-0.4, -0.2) is 6.09 Å². The van der Waals surface area contributed by atoms with E-state index in [0.29, 0.717) is 5.75 Å². The topological polar surface area (TPSA) is 52.3 Å². The Morgan fingerprint density at radius 3 is 2.53 bits per heavy atom. The van der Waals surface area contributed by atoms with E-state index in [1.54, 1.807) is 6.07 Å². The number of hydrogen-bond acceptors (Lipinski definition) is 2. The van der Waals surface area contributed by atoms with E-state index in [9.17, 15) is 4.79 Å². The maximum atomic E-state index is 10.7. The maximum Gasteiger partial charge on any atom is 0.410 e. The van der Waals surface area contributed by atoms with Gasteiger partial charge in [0, 0.05) is 4.90 Å². The van der Waals surface area contributed by atoms with Crippen LogP contribution in [0.4, 0.5) is 4.79 Å². The van der Waals surface area contributed by atoms with Gasteiger partial charge in [0.1, 0.15) is 5.75 Å². The van der Waals surface area contributed by atoms with Gasteiger partial charge in [-0.25, -0.2) is 4.79 Å². The molecule has 78 valence electrons. The second-order valence-electron chi connectivity index (χ2n) is 2.98. The molecule has 1 amide bonds. The molecule has 1 aromatic rings. The largest absolute Gasteiger partial charge is 0.410 e. The third-order valence-electron chi connectivity index (χ3n) is 1.96. The Morgan fingerprint density at radius 1 is 1.20 bits per heavy atom. The van der Waals surface area contributed by atoms with E-state index in [4.69, 9.17) is 10.5 Å². The van der Waals surface area contributed by atoms with Crippen LogP contribution < -0.4 is 10.5 Å². The van der Waals surface area contributed by atoms with Crippen molar-refractivity contribution in [3.8, 4) is 5.75 Å². The minimum atomic E-state index is -0.774. The number of ether oxygens (including phenoxy) is 1. The van der Waals surface area contributed by atoms with E-state index in [0.717, 1.165) is 4.90 Å². The van der Waals surface area contributed by atoms with Crippen LogP contribution in [0.5, 0.6) is 5.75 Å². The van der Waals surface area contributed by atoms with Crippen LogP contribution in [0, 0.1) is 0 Å². The molecule has 0 saturated heterocycles. The van der Waals surface area contributed by atoms with Gasteiger partial charge in [-0.05, 0) is 22.9 Å². The van der Waals surface area contributed by atoms with Crippen LogP contribution in [-0.2, 0) is 0 Å². The van der Waals surface area contributed by atoms with E-state index in [2.05, 4.69) is 10.8 Å². The van der Waals surface area contributed by atoms with Crippen LogP contribution in [0.3, 0.4) is 0 Å². The fourth-order valence-electron chi connectivity index (χ4n) is 1.36. The lowest BCUT2D eigenvalue weighted by molar-refractivity contribution is 0.210. The van der Waals surface area contributed by atoms with Gasteiger partial charge in [0.25, 0.3) is 0 Å². The summed E-state index contributed by atoms with van der Waals surface area (Å²) in [7, 11) is -0.486. The Bertz CT molecular complexity index is 428.